The summed E-state index contributed by atoms with van der Waals surface area (Å²) in [5.41, 5.74) is 0.326. The van der Waals surface area contributed by atoms with Crippen LogP contribution >= 0.6 is 7.60 Å². The molecule has 11 nitrogen and oxygen atoms in total. The summed E-state index contributed by atoms with van der Waals surface area (Å²) in [6.07, 6.45) is -8.42. The molecule has 0 radical (unpaired) electrons. The smallest absolute Gasteiger partial charge is 0.380 e. The molecular weight excluding hydrogens is 534 g/mol. The van der Waals surface area contributed by atoms with Crippen LogP contribution in [0.1, 0.15) is 29.7 Å². The Kier molecular flexibility index (Phi) is 8.32. The van der Waals surface area contributed by atoms with E-state index in [2.05, 4.69) is 4.98 Å². The van der Waals surface area contributed by atoms with Crippen LogP contribution in [0.5, 0.6) is 5.75 Å². The van der Waals surface area contributed by atoms with Crippen LogP contribution < -0.4 is 15.9 Å². The van der Waals surface area contributed by atoms with Crippen molar-refractivity contribution in [2.24, 2.45) is 5.92 Å². The van der Waals surface area contributed by atoms with Gasteiger partial charge < -0.3 is 24.8 Å². The van der Waals surface area contributed by atoms with E-state index in [1.165, 1.54) is 31.2 Å². The molecule has 1 aliphatic rings. The molecule has 1 saturated heterocycles. The molecule has 15 heteroatoms. The number of aliphatic hydroxyl groups excluding tert-OH is 1. The fraction of sp³-hybridized carbons (Fsp3) is 0.522. The van der Waals surface area contributed by atoms with Gasteiger partial charge in [0.1, 0.15) is 24.6 Å². The number of hydrogen-bond donors (Lipinski definition) is 2. The molecule has 1 aromatic carbocycles. The monoisotopic (exact) mass is 565 g/mol. The van der Waals surface area contributed by atoms with Crippen LogP contribution in [-0.2, 0) is 23.4 Å². The number of aliphatic hydroxyl groups is 1. The SMILES string of the molecule is [2H]C([2H])(OP(=O)(C[C@@H](C)C(=O)OC(C)C)Oc1ccccc1)[C@H]1O[C@@H](n2cc(F)c(N)nc2=O)C(F)(CF)[C@H]1O. The minimum absolute atomic E-state index is 0.0459. The van der Waals surface area contributed by atoms with E-state index >= 15 is 4.39 Å². The Balaban J connectivity index is 1.97. The Morgan fingerprint density at radius 3 is 2.63 bits per heavy atom. The molecule has 3 N–H and O–H groups in total. The van der Waals surface area contributed by atoms with Gasteiger partial charge in [-0.2, -0.15) is 4.98 Å². The summed E-state index contributed by atoms with van der Waals surface area (Å²) < 4.78 is 95.4. The Bertz CT molecular complexity index is 1320. The predicted molar refractivity (Wildman–Crippen MR) is 128 cm³/mol. The molecular formula is C23H29F3N3O8P. The summed E-state index contributed by atoms with van der Waals surface area (Å²) in [6.45, 7) is -0.920. The van der Waals surface area contributed by atoms with Gasteiger partial charge in [0.2, 0.25) is 5.67 Å². The Morgan fingerprint density at radius 2 is 2.03 bits per heavy atom. The second kappa shape index (κ2) is 11.9. The third kappa shape index (κ3) is 6.55. The van der Waals surface area contributed by atoms with Crippen LogP contribution in [-0.4, -0.2) is 64.0 Å². The number of ether oxygens (including phenoxy) is 2. The lowest BCUT2D eigenvalue weighted by Gasteiger charge is -2.26. The van der Waals surface area contributed by atoms with Gasteiger partial charge in [-0.25, -0.2) is 22.5 Å². The lowest BCUT2D eigenvalue weighted by atomic mass is 9.97. The number of carbonyl (C=O) groups excluding carboxylic acids is 1. The van der Waals surface area contributed by atoms with Crippen molar-refractivity contribution in [1.82, 2.24) is 9.55 Å². The molecule has 1 aliphatic heterocycles. The van der Waals surface area contributed by atoms with Crippen LogP contribution in [0.3, 0.4) is 0 Å². The summed E-state index contributed by atoms with van der Waals surface area (Å²) in [7, 11) is -4.70. The summed E-state index contributed by atoms with van der Waals surface area (Å²) in [5.74, 6) is -4.14. The average Bonchev–Trinajstić information content (AvgIpc) is 3.12. The van der Waals surface area contributed by atoms with Crippen molar-refractivity contribution in [1.29, 1.82) is 0 Å². The first-order valence-corrected chi connectivity index (χ1v) is 13.1. The number of benzene rings is 1. The number of rotatable bonds is 11. The number of esters is 1. The van der Waals surface area contributed by atoms with Gasteiger partial charge in [-0.05, 0) is 26.0 Å². The second-order valence-electron chi connectivity index (χ2n) is 8.87. The van der Waals surface area contributed by atoms with Gasteiger partial charge in [-0.15, -0.1) is 0 Å². The summed E-state index contributed by atoms with van der Waals surface area (Å²) in [4.78, 5) is 27.8. The van der Waals surface area contributed by atoms with Gasteiger partial charge in [0.25, 0.3) is 0 Å². The number of para-hydroxylation sites is 1. The number of nitrogens with two attached hydrogens (primary N) is 1. The van der Waals surface area contributed by atoms with E-state index in [1.54, 1.807) is 19.9 Å². The number of nitrogens with zero attached hydrogens (tertiary/aromatic N) is 2. The van der Waals surface area contributed by atoms with E-state index in [9.17, 15) is 28.0 Å². The lowest BCUT2D eigenvalue weighted by molar-refractivity contribution is -0.151. The highest BCUT2D eigenvalue weighted by molar-refractivity contribution is 7.54. The molecule has 38 heavy (non-hydrogen) atoms. The molecule has 1 aromatic heterocycles. The number of carbonyl (C=O) groups is 1. The standard InChI is InChI=1S/C23H29F3N3O8P/c1-13(2)35-20(31)14(3)11-38(33,37-15-7-5-4-6-8-15)34-10-17-18(30)23(26,12-24)21(36-17)29-9-16(25)19(27)28-22(29)32/h4-9,13-14,17-18,21,30H,10-12H2,1-3H3,(H2,27,28,32)/t14-,17-,18+,21-,23?,38?/m1/s1/i10D2. The van der Waals surface area contributed by atoms with Crippen LogP contribution in [0.4, 0.5) is 19.0 Å². The van der Waals surface area contributed by atoms with Gasteiger partial charge in [0.15, 0.2) is 17.9 Å². The van der Waals surface area contributed by atoms with E-state index in [0.29, 0.717) is 6.20 Å². The molecule has 0 aliphatic carbocycles. The molecule has 0 amide bonds. The first-order valence-electron chi connectivity index (χ1n) is 12.4. The van der Waals surface area contributed by atoms with Gasteiger partial charge in [-0.3, -0.25) is 13.9 Å². The summed E-state index contributed by atoms with van der Waals surface area (Å²) in [5, 5.41) is 10.6. The Morgan fingerprint density at radius 1 is 1.37 bits per heavy atom. The highest BCUT2D eigenvalue weighted by Crippen LogP contribution is 2.51. The van der Waals surface area contributed by atoms with E-state index in [4.69, 9.17) is 27.0 Å². The van der Waals surface area contributed by atoms with Gasteiger partial charge >= 0.3 is 19.3 Å². The number of halogens is 3. The lowest BCUT2D eigenvalue weighted by Crippen LogP contribution is -2.47. The van der Waals surface area contributed by atoms with Crippen molar-refractivity contribution in [3.05, 3.63) is 52.8 Å². The van der Waals surface area contributed by atoms with Crippen LogP contribution in [0.25, 0.3) is 0 Å². The summed E-state index contributed by atoms with van der Waals surface area (Å²) >= 11 is 0. The minimum atomic E-state index is -4.70. The number of alkyl halides is 2. The Hall–Kier alpha value is -2.93. The molecule has 6 atom stereocenters. The van der Waals surface area contributed by atoms with Crippen molar-refractivity contribution in [2.45, 2.75) is 51.0 Å². The molecule has 0 saturated carbocycles. The maximum absolute atomic E-state index is 15.7. The minimum Gasteiger partial charge on any atom is -0.463 e. The maximum atomic E-state index is 15.7. The van der Waals surface area contributed by atoms with Crippen molar-refractivity contribution < 1.29 is 48.9 Å². The molecule has 2 aromatic rings. The quantitative estimate of drug-likeness (QED) is 0.307. The van der Waals surface area contributed by atoms with Crippen LogP contribution in [0, 0.1) is 11.7 Å². The van der Waals surface area contributed by atoms with Crippen molar-refractivity contribution >= 4 is 19.4 Å². The topological polar surface area (TPSA) is 152 Å². The predicted octanol–water partition coefficient (Wildman–Crippen LogP) is 2.78. The van der Waals surface area contributed by atoms with Gasteiger partial charge in [0, 0.05) is 0 Å². The van der Waals surface area contributed by atoms with Crippen molar-refractivity contribution in [3.63, 3.8) is 0 Å². The number of hydrogen-bond acceptors (Lipinski definition) is 10. The summed E-state index contributed by atoms with van der Waals surface area (Å²) in [6, 6.07) is 7.36. The average molecular weight is 565 g/mol. The van der Waals surface area contributed by atoms with Crippen molar-refractivity contribution in [2.75, 3.05) is 25.1 Å². The Labute approximate surface area is 219 Å². The highest BCUT2D eigenvalue weighted by atomic mass is 31.2. The van der Waals surface area contributed by atoms with Gasteiger partial charge in [-0.1, -0.05) is 25.1 Å². The van der Waals surface area contributed by atoms with Crippen LogP contribution in [0.15, 0.2) is 41.3 Å². The molecule has 0 bridgehead atoms. The second-order valence-corrected chi connectivity index (χ2v) is 10.8. The highest BCUT2D eigenvalue weighted by Gasteiger charge is 2.59. The van der Waals surface area contributed by atoms with E-state index in [0.717, 1.165) is 0 Å². The van der Waals surface area contributed by atoms with Crippen molar-refractivity contribution in [3.8, 4) is 5.75 Å². The molecule has 2 unspecified atom stereocenters. The molecule has 0 spiro atoms. The molecule has 3 rings (SSSR count). The number of anilines is 1. The molecule has 2 heterocycles. The fourth-order valence-corrected chi connectivity index (χ4v) is 5.22. The zero-order valence-corrected chi connectivity index (χ0v) is 21.5. The maximum Gasteiger partial charge on any atom is 0.380 e. The third-order valence-corrected chi connectivity index (χ3v) is 7.27. The number of nitrogen functional groups attached to an aromatic ring is 1. The third-order valence-electron chi connectivity index (χ3n) is 5.40. The zero-order valence-electron chi connectivity index (χ0n) is 22.6. The first kappa shape index (κ1) is 26.7. The zero-order chi connectivity index (χ0) is 30.0. The first-order chi connectivity index (χ1) is 18.5. The van der Waals surface area contributed by atoms with E-state index < -0.39 is 86.4 Å². The number of aromatic nitrogens is 2. The normalized spacial score (nSPS) is 26.8. The van der Waals surface area contributed by atoms with E-state index in [-0.39, 0.29) is 10.3 Å². The van der Waals surface area contributed by atoms with E-state index in [1.807, 2.05) is 0 Å². The van der Waals surface area contributed by atoms with Crippen LogP contribution in [0.2, 0.25) is 0 Å². The molecule has 210 valence electrons. The fourth-order valence-electron chi connectivity index (χ4n) is 3.51. The van der Waals surface area contributed by atoms with Gasteiger partial charge in [0.05, 0.1) is 33.7 Å². The molecule has 1 fully saturated rings. The largest absolute Gasteiger partial charge is 0.463 e.